The first-order valence-corrected chi connectivity index (χ1v) is 10.3. The van der Waals surface area contributed by atoms with Crippen molar-refractivity contribution in [3.63, 3.8) is 0 Å². The number of nitrogens with one attached hydrogen (secondary N) is 1. The highest BCUT2D eigenvalue weighted by Crippen LogP contribution is 2.40. The van der Waals surface area contributed by atoms with Crippen molar-refractivity contribution in [2.75, 3.05) is 0 Å². The molecule has 0 bridgehead atoms. The molecular formula is C20H22N4O3S. The topological polar surface area (TPSA) is 90.0 Å². The van der Waals surface area contributed by atoms with Crippen molar-refractivity contribution in [2.45, 2.75) is 45.2 Å². The van der Waals surface area contributed by atoms with Crippen LogP contribution in [0.4, 0.5) is 0 Å². The van der Waals surface area contributed by atoms with Gasteiger partial charge in [0.05, 0.1) is 17.5 Å². The first kappa shape index (κ1) is 18.6. The summed E-state index contributed by atoms with van der Waals surface area (Å²) in [7, 11) is 0. The molecule has 8 heteroatoms. The summed E-state index contributed by atoms with van der Waals surface area (Å²) in [5, 5.41) is 13.3. The quantitative estimate of drug-likeness (QED) is 0.660. The zero-order chi connectivity index (χ0) is 19.7. The van der Waals surface area contributed by atoms with E-state index in [0.717, 1.165) is 29.2 Å². The van der Waals surface area contributed by atoms with E-state index in [-0.39, 0.29) is 35.7 Å². The van der Waals surface area contributed by atoms with E-state index in [1.165, 1.54) is 10.7 Å². The van der Waals surface area contributed by atoms with Crippen molar-refractivity contribution >= 4 is 17.2 Å². The highest BCUT2D eigenvalue weighted by molar-refractivity contribution is 7.13. The van der Waals surface area contributed by atoms with E-state index in [9.17, 15) is 9.59 Å². The predicted molar refractivity (Wildman–Crippen MR) is 106 cm³/mol. The number of rotatable bonds is 7. The maximum absolute atomic E-state index is 12.6. The number of thiophene rings is 1. The van der Waals surface area contributed by atoms with Crippen molar-refractivity contribution in [2.24, 2.45) is 5.92 Å². The van der Waals surface area contributed by atoms with Crippen LogP contribution in [0, 0.1) is 5.92 Å². The van der Waals surface area contributed by atoms with Gasteiger partial charge in [0.2, 0.25) is 0 Å². The van der Waals surface area contributed by atoms with Gasteiger partial charge < -0.3 is 9.84 Å². The SMILES string of the molecule is CC(C)[C@@H](Cn1nc(-c2cccs2)ccc1=O)NC(=O)c1cc(C2CC2)on1. The van der Waals surface area contributed by atoms with Crippen molar-refractivity contribution in [1.82, 2.24) is 20.3 Å². The second kappa shape index (κ2) is 7.71. The standard InChI is InChI=1S/C20H22N4O3S/c1-12(2)16(21-20(26)15-10-17(27-23-15)13-5-6-13)11-24-19(25)8-7-14(22-24)18-4-3-9-28-18/h3-4,7-10,12-13,16H,5-6,11H2,1-2H3,(H,21,26)/t16-/m1/s1. The Morgan fingerprint density at radius 3 is 2.86 bits per heavy atom. The lowest BCUT2D eigenvalue weighted by molar-refractivity contribution is 0.0909. The molecule has 1 atom stereocenters. The fourth-order valence-corrected chi connectivity index (χ4v) is 3.63. The van der Waals surface area contributed by atoms with E-state index >= 15 is 0 Å². The first-order chi connectivity index (χ1) is 13.5. The molecule has 1 saturated carbocycles. The summed E-state index contributed by atoms with van der Waals surface area (Å²) in [6, 6.07) is 8.60. The van der Waals surface area contributed by atoms with Crippen molar-refractivity contribution < 1.29 is 9.32 Å². The fourth-order valence-electron chi connectivity index (χ4n) is 2.94. The Morgan fingerprint density at radius 2 is 2.18 bits per heavy atom. The van der Waals surface area contributed by atoms with Gasteiger partial charge in [0.1, 0.15) is 11.5 Å². The van der Waals surface area contributed by atoms with Gasteiger partial charge in [-0.1, -0.05) is 25.1 Å². The Hall–Kier alpha value is -2.74. The summed E-state index contributed by atoms with van der Waals surface area (Å²) in [5.41, 5.74) is 0.826. The van der Waals surface area contributed by atoms with Crippen LogP contribution in [0.15, 0.2) is 45.0 Å². The van der Waals surface area contributed by atoms with Crippen LogP contribution in [0.25, 0.3) is 10.6 Å². The summed E-state index contributed by atoms with van der Waals surface area (Å²) in [4.78, 5) is 25.9. The zero-order valence-electron chi connectivity index (χ0n) is 15.8. The normalized spacial score (nSPS) is 15.0. The van der Waals surface area contributed by atoms with E-state index < -0.39 is 0 Å². The highest BCUT2D eigenvalue weighted by Gasteiger charge is 2.29. The lowest BCUT2D eigenvalue weighted by Crippen LogP contribution is -2.44. The molecule has 146 valence electrons. The molecule has 0 spiro atoms. The van der Waals surface area contributed by atoms with Crippen LogP contribution in [0.1, 0.15) is 48.9 Å². The predicted octanol–water partition coefficient (Wildman–Crippen LogP) is 3.29. The molecule has 0 aromatic carbocycles. The van der Waals surface area contributed by atoms with E-state index in [4.69, 9.17) is 4.52 Å². The van der Waals surface area contributed by atoms with Crippen molar-refractivity contribution in [3.8, 4) is 10.6 Å². The van der Waals surface area contributed by atoms with Gasteiger partial charge in [-0.15, -0.1) is 11.3 Å². The van der Waals surface area contributed by atoms with Crippen LogP contribution < -0.4 is 10.9 Å². The molecule has 1 amide bonds. The summed E-state index contributed by atoms with van der Waals surface area (Å²) < 4.78 is 6.68. The van der Waals surface area contributed by atoms with Gasteiger partial charge in [-0.05, 0) is 36.3 Å². The molecule has 0 saturated heterocycles. The molecule has 3 aromatic rings. The van der Waals surface area contributed by atoms with Gasteiger partial charge in [0.25, 0.3) is 11.5 Å². The molecule has 4 rings (SSSR count). The fraction of sp³-hybridized carbons (Fsp3) is 0.400. The molecule has 1 aliphatic rings. The molecular weight excluding hydrogens is 376 g/mol. The van der Waals surface area contributed by atoms with E-state index in [1.54, 1.807) is 23.5 Å². The van der Waals surface area contributed by atoms with Gasteiger partial charge in [-0.25, -0.2) is 4.68 Å². The average molecular weight is 398 g/mol. The van der Waals surface area contributed by atoms with Crippen LogP contribution in [-0.4, -0.2) is 26.9 Å². The van der Waals surface area contributed by atoms with Gasteiger partial charge in [-0.2, -0.15) is 5.10 Å². The maximum atomic E-state index is 12.6. The minimum Gasteiger partial charge on any atom is -0.360 e. The highest BCUT2D eigenvalue weighted by atomic mass is 32.1. The van der Waals surface area contributed by atoms with Crippen molar-refractivity contribution in [3.05, 3.63) is 57.5 Å². The van der Waals surface area contributed by atoms with Crippen LogP contribution in [0.3, 0.4) is 0 Å². The molecule has 1 N–H and O–H groups in total. The number of carbonyl (C=O) groups excluding carboxylic acids is 1. The minimum atomic E-state index is -0.295. The second-order valence-electron chi connectivity index (χ2n) is 7.43. The summed E-state index contributed by atoms with van der Waals surface area (Å²) in [6.45, 7) is 4.28. The van der Waals surface area contributed by atoms with E-state index in [1.807, 2.05) is 31.4 Å². The lowest BCUT2D eigenvalue weighted by atomic mass is 10.0. The Balaban J connectivity index is 1.51. The van der Waals surface area contributed by atoms with Gasteiger partial charge in [0, 0.05) is 18.1 Å². The number of hydrogen-bond donors (Lipinski definition) is 1. The van der Waals surface area contributed by atoms with Crippen molar-refractivity contribution in [1.29, 1.82) is 0 Å². The molecule has 28 heavy (non-hydrogen) atoms. The molecule has 1 aliphatic carbocycles. The largest absolute Gasteiger partial charge is 0.360 e. The maximum Gasteiger partial charge on any atom is 0.273 e. The number of hydrogen-bond acceptors (Lipinski definition) is 6. The van der Waals surface area contributed by atoms with Gasteiger partial charge in [0.15, 0.2) is 5.69 Å². The van der Waals surface area contributed by atoms with Crippen LogP contribution in [0.2, 0.25) is 0 Å². The van der Waals surface area contributed by atoms with Crippen LogP contribution in [-0.2, 0) is 6.54 Å². The molecule has 0 radical (unpaired) electrons. The third-order valence-corrected chi connectivity index (χ3v) is 5.76. The number of aromatic nitrogens is 3. The summed E-state index contributed by atoms with van der Waals surface area (Å²) >= 11 is 1.57. The Bertz CT molecular complexity index is 1020. The Kier molecular flexibility index (Phi) is 5.13. The lowest BCUT2D eigenvalue weighted by Gasteiger charge is -2.22. The minimum absolute atomic E-state index is 0.109. The molecule has 1 fully saturated rings. The van der Waals surface area contributed by atoms with Gasteiger partial charge in [-0.3, -0.25) is 9.59 Å². The smallest absolute Gasteiger partial charge is 0.273 e. The third-order valence-electron chi connectivity index (χ3n) is 4.87. The van der Waals surface area contributed by atoms with Crippen LogP contribution >= 0.6 is 11.3 Å². The third kappa shape index (κ3) is 4.06. The Labute approximate surface area is 166 Å². The number of amides is 1. The molecule has 3 aromatic heterocycles. The van der Waals surface area contributed by atoms with Gasteiger partial charge >= 0.3 is 0 Å². The monoisotopic (exact) mass is 398 g/mol. The molecule has 3 heterocycles. The van der Waals surface area contributed by atoms with E-state index in [0.29, 0.717) is 5.92 Å². The molecule has 0 unspecified atom stereocenters. The zero-order valence-corrected chi connectivity index (χ0v) is 16.6. The average Bonchev–Trinajstić information content (AvgIpc) is 3.18. The molecule has 0 aliphatic heterocycles. The molecule has 7 nitrogen and oxygen atoms in total. The first-order valence-electron chi connectivity index (χ1n) is 9.41. The summed E-state index contributed by atoms with van der Waals surface area (Å²) in [5.74, 6) is 0.986. The van der Waals surface area contributed by atoms with Crippen LogP contribution in [0.5, 0.6) is 0 Å². The Morgan fingerprint density at radius 1 is 1.36 bits per heavy atom. The van der Waals surface area contributed by atoms with E-state index in [2.05, 4.69) is 15.6 Å². The summed E-state index contributed by atoms with van der Waals surface area (Å²) in [6.07, 6.45) is 2.17. The second-order valence-corrected chi connectivity index (χ2v) is 8.38. The number of nitrogens with zero attached hydrogens (tertiary/aromatic N) is 3. The number of carbonyl (C=O) groups is 1.